The Bertz CT molecular complexity index is 1260. The lowest BCUT2D eigenvalue weighted by atomic mass is 9.81. The minimum absolute atomic E-state index is 0.0107. The van der Waals surface area contributed by atoms with Crippen LogP contribution in [0.2, 0.25) is 0 Å². The molecule has 2 aliphatic rings. The van der Waals surface area contributed by atoms with E-state index in [0.29, 0.717) is 28.9 Å². The van der Waals surface area contributed by atoms with Crippen molar-refractivity contribution in [1.29, 1.82) is 0 Å². The lowest BCUT2D eigenvalue weighted by Gasteiger charge is -2.26. The van der Waals surface area contributed by atoms with Gasteiger partial charge in [0.25, 0.3) is 0 Å². The highest BCUT2D eigenvalue weighted by Crippen LogP contribution is 2.58. The van der Waals surface area contributed by atoms with Crippen LogP contribution >= 0.6 is 11.3 Å². The van der Waals surface area contributed by atoms with Crippen molar-refractivity contribution in [3.8, 4) is 0 Å². The molecule has 3 heterocycles. The summed E-state index contributed by atoms with van der Waals surface area (Å²) < 4.78 is 32.4. The lowest BCUT2D eigenvalue weighted by molar-refractivity contribution is -0.0952. The molecule has 7 heteroatoms. The van der Waals surface area contributed by atoms with Gasteiger partial charge in [0, 0.05) is 28.9 Å². The predicted molar refractivity (Wildman–Crippen MR) is 154 cm³/mol. The summed E-state index contributed by atoms with van der Waals surface area (Å²) in [6.45, 7) is 14.2. The molecule has 1 saturated carbocycles. The number of hydrogen-bond acceptors (Lipinski definition) is 5. The zero-order valence-electron chi connectivity index (χ0n) is 23.6. The first-order valence-electron chi connectivity index (χ1n) is 13.9. The van der Waals surface area contributed by atoms with E-state index in [9.17, 15) is 8.78 Å². The van der Waals surface area contributed by atoms with Crippen LogP contribution in [0.15, 0.2) is 59.3 Å². The van der Waals surface area contributed by atoms with Crippen molar-refractivity contribution in [3.63, 3.8) is 0 Å². The SMILES string of the molecule is C=C1C(OC(F)F)=CC(c2cnc3cc([C@@H](CCC)CC4(C(C)C)CC4)sc3c2)=NN1/C=C(/C)C(C)CC. The van der Waals surface area contributed by atoms with Crippen LogP contribution in [-0.2, 0) is 4.74 Å². The van der Waals surface area contributed by atoms with Crippen molar-refractivity contribution in [1.82, 2.24) is 9.99 Å². The molecular formula is C31H41F2N3OS. The van der Waals surface area contributed by atoms with Gasteiger partial charge >= 0.3 is 6.61 Å². The number of aromatic nitrogens is 1. The van der Waals surface area contributed by atoms with E-state index >= 15 is 0 Å². The number of allylic oxidation sites excluding steroid dienone is 2. The van der Waals surface area contributed by atoms with E-state index in [-0.39, 0.29) is 11.5 Å². The highest BCUT2D eigenvalue weighted by atomic mass is 32.1. The van der Waals surface area contributed by atoms with E-state index < -0.39 is 6.61 Å². The molecule has 1 unspecified atom stereocenters. The van der Waals surface area contributed by atoms with Gasteiger partial charge in [-0.3, -0.25) is 4.98 Å². The van der Waals surface area contributed by atoms with Crippen LogP contribution in [0.3, 0.4) is 0 Å². The van der Waals surface area contributed by atoms with Crippen LogP contribution in [-0.4, -0.2) is 22.3 Å². The smallest absolute Gasteiger partial charge is 0.387 e. The van der Waals surface area contributed by atoms with Gasteiger partial charge in [-0.2, -0.15) is 13.9 Å². The largest absolute Gasteiger partial charge is 0.432 e. The third kappa shape index (κ3) is 6.19. The van der Waals surface area contributed by atoms with Gasteiger partial charge < -0.3 is 4.74 Å². The van der Waals surface area contributed by atoms with Crippen molar-refractivity contribution >= 4 is 27.3 Å². The van der Waals surface area contributed by atoms with Crippen LogP contribution in [0.1, 0.15) is 96.4 Å². The number of alkyl halides is 2. The number of nitrogens with zero attached hydrogens (tertiary/aromatic N) is 3. The fourth-order valence-electron chi connectivity index (χ4n) is 5.25. The van der Waals surface area contributed by atoms with Gasteiger partial charge in [-0.05, 0) is 74.3 Å². The van der Waals surface area contributed by atoms with Gasteiger partial charge in [0.05, 0.1) is 21.6 Å². The summed E-state index contributed by atoms with van der Waals surface area (Å²) in [6.07, 6.45) is 12.4. The first-order chi connectivity index (χ1) is 18.1. The molecule has 0 spiro atoms. The summed E-state index contributed by atoms with van der Waals surface area (Å²) in [5.41, 5.74) is 4.12. The number of rotatable bonds is 12. The molecule has 2 aromatic heterocycles. The molecule has 206 valence electrons. The Hall–Kier alpha value is -2.54. The van der Waals surface area contributed by atoms with Gasteiger partial charge in [-0.1, -0.05) is 53.2 Å². The van der Waals surface area contributed by atoms with Gasteiger partial charge in [-0.25, -0.2) is 5.01 Å². The van der Waals surface area contributed by atoms with Gasteiger partial charge in [0.2, 0.25) is 0 Å². The van der Waals surface area contributed by atoms with E-state index in [2.05, 4.69) is 53.3 Å². The number of ether oxygens (including phenoxy) is 1. The molecule has 0 amide bonds. The molecule has 1 fully saturated rings. The summed E-state index contributed by atoms with van der Waals surface area (Å²) in [4.78, 5) is 6.15. The van der Waals surface area contributed by atoms with Crippen LogP contribution < -0.4 is 0 Å². The third-order valence-electron chi connectivity index (χ3n) is 8.47. The highest BCUT2D eigenvalue weighted by Gasteiger charge is 2.46. The zero-order chi connectivity index (χ0) is 27.6. The maximum absolute atomic E-state index is 13.2. The van der Waals surface area contributed by atoms with E-state index in [1.165, 1.54) is 36.6 Å². The molecule has 0 N–H and O–H groups in total. The van der Waals surface area contributed by atoms with Crippen LogP contribution in [0.5, 0.6) is 0 Å². The Labute approximate surface area is 230 Å². The number of fused-ring (bicyclic) bond motifs is 1. The summed E-state index contributed by atoms with van der Waals surface area (Å²) >= 11 is 1.80. The minimum Gasteiger partial charge on any atom is -0.432 e. The predicted octanol–water partition coefficient (Wildman–Crippen LogP) is 9.61. The molecule has 0 radical (unpaired) electrons. The summed E-state index contributed by atoms with van der Waals surface area (Å²) in [7, 11) is 0. The standard InChI is InChI=1S/C31H41F2N3OS/c1-8-10-23(16-31(11-12-31)19(3)4)28-15-26-29(38-28)13-24(17-34-26)25-14-27(37-30(32)33)22(7)36(35-25)18-21(6)20(5)9-2/h13-15,17-20,23,30H,7-12,16H2,1-6H3/b21-18-/t20?,23-/m0/s1. The third-order valence-corrected chi connectivity index (χ3v) is 9.70. The number of hydrazone groups is 1. The first kappa shape index (κ1) is 28.5. The second-order valence-electron chi connectivity index (χ2n) is 11.3. The van der Waals surface area contributed by atoms with Crippen LogP contribution in [0.25, 0.3) is 10.2 Å². The van der Waals surface area contributed by atoms with Gasteiger partial charge in [0.15, 0.2) is 5.76 Å². The maximum Gasteiger partial charge on any atom is 0.387 e. The van der Waals surface area contributed by atoms with E-state index in [0.717, 1.165) is 34.2 Å². The fourth-order valence-corrected chi connectivity index (χ4v) is 6.45. The second kappa shape index (κ2) is 11.7. The highest BCUT2D eigenvalue weighted by molar-refractivity contribution is 7.19. The molecule has 1 aliphatic heterocycles. The topological polar surface area (TPSA) is 37.7 Å². The van der Waals surface area contributed by atoms with Gasteiger partial charge in [-0.15, -0.1) is 11.3 Å². The Morgan fingerprint density at radius 1 is 1.24 bits per heavy atom. The molecule has 1 aliphatic carbocycles. The minimum atomic E-state index is -2.95. The van der Waals surface area contributed by atoms with Crippen molar-refractivity contribution in [2.24, 2.45) is 22.4 Å². The summed E-state index contributed by atoms with van der Waals surface area (Å²) in [6, 6.07) is 4.32. The maximum atomic E-state index is 13.2. The molecule has 2 atom stereocenters. The number of halogens is 2. The summed E-state index contributed by atoms with van der Waals surface area (Å²) in [5, 5.41) is 6.29. The molecular weight excluding hydrogens is 500 g/mol. The lowest BCUT2D eigenvalue weighted by Crippen LogP contribution is -2.22. The molecule has 0 bridgehead atoms. The van der Waals surface area contributed by atoms with Crippen molar-refractivity contribution in [2.75, 3.05) is 0 Å². The van der Waals surface area contributed by atoms with Crippen molar-refractivity contribution < 1.29 is 13.5 Å². The second-order valence-corrected chi connectivity index (χ2v) is 12.4. The molecule has 4 nitrogen and oxygen atoms in total. The summed E-state index contributed by atoms with van der Waals surface area (Å²) in [5.74, 6) is 1.59. The van der Waals surface area contributed by atoms with Crippen molar-refractivity contribution in [2.45, 2.75) is 92.6 Å². The Morgan fingerprint density at radius 3 is 2.58 bits per heavy atom. The average Bonchev–Trinajstić information content (AvgIpc) is 3.54. The molecule has 4 rings (SSSR count). The average molecular weight is 542 g/mol. The zero-order valence-corrected chi connectivity index (χ0v) is 24.4. The first-order valence-corrected chi connectivity index (χ1v) is 14.7. The number of hydrogen-bond donors (Lipinski definition) is 0. The van der Waals surface area contributed by atoms with E-state index in [4.69, 9.17) is 14.8 Å². The monoisotopic (exact) mass is 541 g/mol. The van der Waals surface area contributed by atoms with Crippen LogP contribution in [0, 0.1) is 17.3 Å². The Kier molecular flexibility index (Phi) is 8.75. The van der Waals surface area contributed by atoms with Crippen LogP contribution in [0.4, 0.5) is 8.78 Å². The van der Waals surface area contributed by atoms with E-state index in [1.54, 1.807) is 22.5 Å². The quantitative estimate of drug-likeness (QED) is 0.268. The molecule has 0 saturated heterocycles. The van der Waals surface area contributed by atoms with Crippen molar-refractivity contribution in [3.05, 3.63) is 64.7 Å². The molecule has 0 aromatic carbocycles. The molecule has 2 aromatic rings. The van der Waals surface area contributed by atoms with E-state index in [1.807, 2.05) is 13.1 Å². The Morgan fingerprint density at radius 2 is 1.97 bits per heavy atom. The number of pyridine rings is 1. The normalized spacial score (nSPS) is 19.2. The molecule has 38 heavy (non-hydrogen) atoms. The fraction of sp³-hybridized carbons (Fsp3) is 0.548. The van der Waals surface area contributed by atoms with Gasteiger partial charge in [0.1, 0.15) is 0 Å². The Balaban J connectivity index is 1.68. The number of thiophene rings is 1.